The van der Waals surface area contributed by atoms with Gasteiger partial charge in [0.2, 0.25) is 0 Å². The van der Waals surface area contributed by atoms with E-state index in [9.17, 15) is 0 Å². The van der Waals surface area contributed by atoms with Crippen LogP contribution in [0.1, 0.15) is 46.5 Å². The molecule has 0 amide bonds. The van der Waals surface area contributed by atoms with Gasteiger partial charge >= 0.3 is 0 Å². The molecule has 2 N–H and O–H groups in total. The third-order valence-corrected chi connectivity index (χ3v) is 4.53. The molecule has 0 aliphatic heterocycles. The van der Waals surface area contributed by atoms with E-state index in [0.717, 1.165) is 39.1 Å². The van der Waals surface area contributed by atoms with Crippen LogP contribution >= 0.6 is 0 Å². The summed E-state index contributed by atoms with van der Waals surface area (Å²) in [7, 11) is 1.77. The van der Waals surface area contributed by atoms with Gasteiger partial charge in [-0.25, -0.2) is 0 Å². The fourth-order valence-electron chi connectivity index (χ4n) is 3.39. The predicted molar refractivity (Wildman–Crippen MR) is 79.4 cm³/mol. The Bertz CT molecular complexity index is 238. The molecule has 0 atom stereocenters. The fourth-order valence-corrected chi connectivity index (χ4v) is 3.39. The molecule has 0 aromatic carbocycles. The average Bonchev–Trinajstić information content (AvgIpc) is 2.39. The fraction of sp³-hybridized carbons (Fsp3) is 1.00. The SMILES string of the molecule is CCOC1CC(CN)(N(CCOC)C(CC)CC)C1. The first-order valence-electron chi connectivity index (χ1n) is 7.74. The summed E-state index contributed by atoms with van der Waals surface area (Å²) in [5.41, 5.74) is 6.24. The molecule has 0 aromatic rings. The molecule has 0 saturated heterocycles. The van der Waals surface area contributed by atoms with Crippen LogP contribution in [0.15, 0.2) is 0 Å². The van der Waals surface area contributed by atoms with E-state index in [-0.39, 0.29) is 5.54 Å². The molecule has 0 spiro atoms. The molecule has 114 valence electrons. The lowest BCUT2D eigenvalue weighted by Gasteiger charge is -2.56. The van der Waals surface area contributed by atoms with Crippen LogP contribution in [-0.4, -0.2) is 56.0 Å². The monoisotopic (exact) mass is 272 g/mol. The number of nitrogens with zero attached hydrogens (tertiary/aromatic N) is 1. The van der Waals surface area contributed by atoms with Gasteiger partial charge in [0.25, 0.3) is 0 Å². The van der Waals surface area contributed by atoms with Crippen molar-refractivity contribution in [3.8, 4) is 0 Å². The van der Waals surface area contributed by atoms with Gasteiger partial charge in [0.15, 0.2) is 0 Å². The smallest absolute Gasteiger partial charge is 0.0611 e. The topological polar surface area (TPSA) is 47.7 Å². The minimum absolute atomic E-state index is 0.134. The second-order valence-corrected chi connectivity index (χ2v) is 5.57. The van der Waals surface area contributed by atoms with Crippen LogP contribution in [0, 0.1) is 0 Å². The molecule has 1 fully saturated rings. The van der Waals surface area contributed by atoms with Gasteiger partial charge in [-0.1, -0.05) is 13.8 Å². The van der Waals surface area contributed by atoms with E-state index in [0.29, 0.717) is 12.1 Å². The van der Waals surface area contributed by atoms with Gasteiger partial charge in [0.1, 0.15) is 0 Å². The van der Waals surface area contributed by atoms with E-state index in [1.54, 1.807) is 7.11 Å². The largest absolute Gasteiger partial charge is 0.383 e. The highest BCUT2D eigenvalue weighted by molar-refractivity contribution is 5.06. The van der Waals surface area contributed by atoms with Crippen LogP contribution in [0.5, 0.6) is 0 Å². The summed E-state index contributed by atoms with van der Waals surface area (Å²) >= 11 is 0. The standard InChI is InChI=1S/C15H32N2O2/c1-5-13(6-2)17(8-9-18-4)15(12-16)10-14(11-15)19-7-3/h13-14H,5-12,16H2,1-4H3. The number of hydrogen-bond acceptors (Lipinski definition) is 4. The Labute approximate surface area is 118 Å². The molecular weight excluding hydrogens is 240 g/mol. The highest BCUT2D eigenvalue weighted by Gasteiger charge is 2.49. The number of nitrogens with two attached hydrogens (primary N) is 1. The van der Waals surface area contributed by atoms with Gasteiger partial charge in [-0.05, 0) is 32.6 Å². The second-order valence-electron chi connectivity index (χ2n) is 5.57. The van der Waals surface area contributed by atoms with Gasteiger partial charge in [-0.2, -0.15) is 0 Å². The Morgan fingerprint density at radius 1 is 1.26 bits per heavy atom. The second kappa shape index (κ2) is 8.20. The predicted octanol–water partition coefficient (Wildman–Crippen LogP) is 2.02. The molecule has 4 heteroatoms. The van der Waals surface area contributed by atoms with Crippen molar-refractivity contribution < 1.29 is 9.47 Å². The first kappa shape index (κ1) is 16.9. The Morgan fingerprint density at radius 2 is 1.89 bits per heavy atom. The van der Waals surface area contributed by atoms with E-state index in [1.807, 2.05) is 0 Å². The molecule has 1 rings (SSSR count). The lowest BCUT2D eigenvalue weighted by molar-refractivity contribution is -0.118. The Morgan fingerprint density at radius 3 is 2.32 bits per heavy atom. The van der Waals surface area contributed by atoms with Crippen molar-refractivity contribution in [2.24, 2.45) is 5.73 Å². The van der Waals surface area contributed by atoms with Crippen LogP contribution < -0.4 is 5.73 Å². The van der Waals surface area contributed by atoms with Crippen molar-refractivity contribution in [3.63, 3.8) is 0 Å². The van der Waals surface area contributed by atoms with Crippen molar-refractivity contribution in [1.29, 1.82) is 0 Å². The first-order chi connectivity index (χ1) is 9.17. The van der Waals surface area contributed by atoms with E-state index in [2.05, 4.69) is 25.7 Å². The van der Waals surface area contributed by atoms with Crippen molar-refractivity contribution >= 4 is 0 Å². The maximum Gasteiger partial charge on any atom is 0.0611 e. The molecule has 1 saturated carbocycles. The van der Waals surface area contributed by atoms with E-state index >= 15 is 0 Å². The van der Waals surface area contributed by atoms with Crippen LogP contribution in [0.25, 0.3) is 0 Å². The van der Waals surface area contributed by atoms with Gasteiger partial charge in [0.05, 0.1) is 12.7 Å². The number of methoxy groups -OCH3 is 1. The van der Waals surface area contributed by atoms with Crippen molar-refractivity contribution in [1.82, 2.24) is 4.90 Å². The van der Waals surface area contributed by atoms with E-state index < -0.39 is 0 Å². The zero-order chi connectivity index (χ0) is 14.3. The van der Waals surface area contributed by atoms with E-state index in [1.165, 1.54) is 12.8 Å². The summed E-state index contributed by atoms with van der Waals surface area (Å²) < 4.78 is 11.0. The highest BCUT2D eigenvalue weighted by atomic mass is 16.5. The normalized spacial score (nSPS) is 27.0. The molecule has 1 aliphatic rings. The lowest BCUT2D eigenvalue weighted by atomic mass is 9.71. The minimum Gasteiger partial charge on any atom is -0.383 e. The maximum atomic E-state index is 6.11. The maximum absolute atomic E-state index is 6.11. The van der Waals surface area contributed by atoms with E-state index in [4.69, 9.17) is 15.2 Å². The molecule has 0 unspecified atom stereocenters. The lowest BCUT2D eigenvalue weighted by Crippen LogP contribution is -2.66. The van der Waals surface area contributed by atoms with Crippen molar-refractivity contribution in [2.75, 3.05) is 33.4 Å². The van der Waals surface area contributed by atoms with Crippen LogP contribution in [0.3, 0.4) is 0 Å². The minimum atomic E-state index is 0.134. The molecule has 0 aromatic heterocycles. The van der Waals surface area contributed by atoms with Crippen LogP contribution in [0.2, 0.25) is 0 Å². The van der Waals surface area contributed by atoms with Gasteiger partial charge in [-0.15, -0.1) is 0 Å². The highest BCUT2D eigenvalue weighted by Crippen LogP contribution is 2.41. The third kappa shape index (κ3) is 3.91. The van der Waals surface area contributed by atoms with Gasteiger partial charge in [0, 0.05) is 38.4 Å². The quantitative estimate of drug-likeness (QED) is 0.661. The zero-order valence-electron chi connectivity index (χ0n) is 13.2. The number of hydrogen-bond donors (Lipinski definition) is 1. The summed E-state index contributed by atoms with van der Waals surface area (Å²) in [6, 6.07) is 0.598. The van der Waals surface area contributed by atoms with Crippen LogP contribution in [0.4, 0.5) is 0 Å². The summed E-state index contributed by atoms with van der Waals surface area (Å²) in [6.07, 6.45) is 4.87. The third-order valence-electron chi connectivity index (χ3n) is 4.53. The average molecular weight is 272 g/mol. The molecule has 0 bridgehead atoms. The summed E-state index contributed by atoms with van der Waals surface area (Å²) in [5, 5.41) is 0. The number of rotatable bonds is 10. The van der Waals surface area contributed by atoms with Gasteiger partial charge in [-0.3, -0.25) is 4.90 Å². The molecule has 1 aliphatic carbocycles. The zero-order valence-corrected chi connectivity index (χ0v) is 13.2. The molecule has 19 heavy (non-hydrogen) atoms. The number of ether oxygens (including phenoxy) is 2. The summed E-state index contributed by atoms with van der Waals surface area (Å²) in [5.74, 6) is 0. The van der Waals surface area contributed by atoms with Crippen molar-refractivity contribution in [2.45, 2.75) is 64.1 Å². The Kier molecular flexibility index (Phi) is 7.29. The van der Waals surface area contributed by atoms with Crippen molar-refractivity contribution in [3.05, 3.63) is 0 Å². The Balaban J connectivity index is 2.71. The van der Waals surface area contributed by atoms with Crippen LogP contribution in [-0.2, 0) is 9.47 Å². The molecule has 0 radical (unpaired) electrons. The van der Waals surface area contributed by atoms with Gasteiger partial charge < -0.3 is 15.2 Å². The first-order valence-corrected chi connectivity index (χ1v) is 7.74. The summed E-state index contributed by atoms with van der Waals surface area (Å²) in [6.45, 7) is 9.85. The Hall–Kier alpha value is -0.160. The summed E-state index contributed by atoms with van der Waals surface area (Å²) in [4.78, 5) is 2.59. The molecule has 0 heterocycles. The molecule has 4 nitrogen and oxygen atoms in total. The molecular formula is C15H32N2O2.